The SMILES string of the molecule is CC(C)(C)c1ccnc(-n2c3ccccc3c3ccc(-c4nc(-c5ccccc5)nc(-c5cccc(N6CN(c7c(-c8ccccc8)cccc7-c7ccccc7)c7ccccc76)c5)n4)cc32)c1. The average molecular weight is 878 g/mol. The Kier molecular flexibility index (Phi) is 9.98. The number of hydrogen-bond acceptors (Lipinski definition) is 6. The zero-order valence-corrected chi connectivity index (χ0v) is 38.1. The van der Waals surface area contributed by atoms with Crippen LogP contribution in [0.5, 0.6) is 0 Å². The first kappa shape index (κ1) is 40.8. The average Bonchev–Trinajstić information content (AvgIpc) is 3.95. The summed E-state index contributed by atoms with van der Waals surface area (Å²) in [5.41, 5.74) is 15.2. The highest BCUT2D eigenvalue weighted by Gasteiger charge is 2.31. The number of fused-ring (bicyclic) bond motifs is 4. The van der Waals surface area contributed by atoms with Gasteiger partial charge in [0.15, 0.2) is 17.5 Å². The van der Waals surface area contributed by atoms with Crippen molar-refractivity contribution < 1.29 is 0 Å². The molecule has 0 spiro atoms. The first-order valence-corrected chi connectivity index (χ1v) is 23.2. The van der Waals surface area contributed by atoms with E-state index in [0.29, 0.717) is 24.1 Å². The number of benzene rings is 8. The lowest BCUT2D eigenvalue weighted by Gasteiger charge is -2.27. The van der Waals surface area contributed by atoms with Crippen LogP contribution in [0.25, 0.3) is 84.0 Å². The third kappa shape index (κ3) is 7.25. The molecule has 0 fully saturated rings. The van der Waals surface area contributed by atoms with E-state index >= 15 is 0 Å². The highest BCUT2D eigenvalue weighted by atomic mass is 15.4. The van der Waals surface area contributed by atoms with Crippen molar-refractivity contribution in [1.29, 1.82) is 0 Å². The molecule has 1 aliphatic rings. The van der Waals surface area contributed by atoms with Crippen molar-refractivity contribution in [3.05, 3.63) is 224 Å². The van der Waals surface area contributed by atoms with E-state index < -0.39 is 0 Å². The Hall–Kier alpha value is -8.68. The Morgan fingerprint density at radius 1 is 0.412 bits per heavy atom. The molecule has 68 heavy (non-hydrogen) atoms. The third-order valence-corrected chi connectivity index (χ3v) is 13.1. The maximum atomic E-state index is 5.30. The number of rotatable bonds is 8. The predicted octanol–water partition coefficient (Wildman–Crippen LogP) is 15.2. The van der Waals surface area contributed by atoms with Crippen LogP contribution >= 0.6 is 0 Å². The van der Waals surface area contributed by atoms with Crippen LogP contribution in [0.1, 0.15) is 26.3 Å². The van der Waals surface area contributed by atoms with Gasteiger partial charge in [0, 0.05) is 50.5 Å². The minimum Gasteiger partial charge on any atom is -0.321 e. The summed E-state index contributed by atoms with van der Waals surface area (Å²) in [5, 5.41) is 2.30. The van der Waals surface area contributed by atoms with Crippen LogP contribution in [0.3, 0.4) is 0 Å². The van der Waals surface area contributed by atoms with E-state index in [1.54, 1.807) is 0 Å². The molecule has 0 bridgehead atoms. The van der Waals surface area contributed by atoms with E-state index in [9.17, 15) is 0 Å². The lowest BCUT2D eigenvalue weighted by atomic mass is 9.88. The van der Waals surface area contributed by atoms with Crippen LogP contribution in [0.4, 0.5) is 22.7 Å². The number of nitrogens with zero attached hydrogens (tertiary/aromatic N) is 7. The molecule has 0 N–H and O–H groups in total. The molecule has 7 heteroatoms. The second-order valence-corrected chi connectivity index (χ2v) is 18.4. The molecule has 11 aromatic rings. The predicted molar refractivity (Wildman–Crippen MR) is 280 cm³/mol. The summed E-state index contributed by atoms with van der Waals surface area (Å²) in [5.74, 6) is 2.68. The number of anilines is 4. The Bertz CT molecular complexity index is 3590. The van der Waals surface area contributed by atoms with Gasteiger partial charge in [0.2, 0.25) is 0 Å². The number of para-hydroxylation sites is 4. The van der Waals surface area contributed by atoms with Crippen molar-refractivity contribution in [2.24, 2.45) is 0 Å². The van der Waals surface area contributed by atoms with Gasteiger partial charge in [-0.05, 0) is 70.6 Å². The molecule has 0 amide bonds. The molecule has 3 aromatic heterocycles. The fourth-order valence-corrected chi connectivity index (χ4v) is 9.69. The van der Waals surface area contributed by atoms with Crippen molar-refractivity contribution >= 4 is 44.6 Å². The zero-order chi connectivity index (χ0) is 45.8. The van der Waals surface area contributed by atoms with Gasteiger partial charge in [-0.2, -0.15) is 0 Å². The molecule has 0 aliphatic carbocycles. The van der Waals surface area contributed by atoms with Crippen molar-refractivity contribution in [2.45, 2.75) is 26.2 Å². The standard InChI is InChI=1S/C61H47N7/c1-61(2,3)46-35-36-62-56(39-46)68-52-30-14-13-27-50(52)51-34-33-45(38-55(51)68)60-64-58(43-23-11-6-12-24-43)63-59(65-60)44-25-17-26-47(37-44)66-40-67(54-32-16-15-31-53(54)66)57-48(41-19-7-4-8-20-41)28-18-29-49(57)42-21-9-5-10-22-42/h4-39H,40H2,1-3H3. The molecule has 0 unspecified atom stereocenters. The van der Waals surface area contributed by atoms with Gasteiger partial charge >= 0.3 is 0 Å². The summed E-state index contributed by atoms with van der Waals surface area (Å²) in [7, 11) is 0. The van der Waals surface area contributed by atoms with Gasteiger partial charge in [-0.25, -0.2) is 19.9 Å². The summed E-state index contributed by atoms with van der Waals surface area (Å²) in [6.07, 6.45) is 1.92. The minimum atomic E-state index is -0.0364. The van der Waals surface area contributed by atoms with Gasteiger partial charge in [0.05, 0.1) is 28.1 Å². The quantitative estimate of drug-likeness (QED) is 0.152. The maximum Gasteiger partial charge on any atom is 0.164 e. The molecule has 0 atom stereocenters. The molecule has 12 rings (SSSR count). The molecule has 326 valence electrons. The molecular formula is C61H47N7. The lowest BCUT2D eigenvalue weighted by molar-refractivity contribution is 0.588. The smallest absolute Gasteiger partial charge is 0.164 e. The second kappa shape index (κ2) is 16.6. The highest BCUT2D eigenvalue weighted by molar-refractivity contribution is 6.10. The number of pyridine rings is 1. The molecule has 8 aromatic carbocycles. The van der Waals surface area contributed by atoms with Gasteiger partial charge in [-0.15, -0.1) is 0 Å². The second-order valence-electron chi connectivity index (χ2n) is 18.4. The van der Waals surface area contributed by atoms with Crippen molar-refractivity contribution in [3.63, 3.8) is 0 Å². The van der Waals surface area contributed by atoms with Crippen LogP contribution in [-0.2, 0) is 5.41 Å². The van der Waals surface area contributed by atoms with Crippen LogP contribution in [0.2, 0.25) is 0 Å². The van der Waals surface area contributed by atoms with Crippen LogP contribution < -0.4 is 9.80 Å². The van der Waals surface area contributed by atoms with Gasteiger partial charge in [-0.3, -0.25) is 4.57 Å². The fourth-order valence-electron chi connectivity index (χ4n) is 9.69. The fraction of sp³-hybridized carbons (Fsp3) is 0.0820. The molecule has 4 heterocycles. The Labute approximate surface area is 396 Å². The summed E-state index contributed by atoms with van der Waals surface area (Å²) in [4.78, 5) is 25.5. The van der Waals surface area contributed by atoms with Gasteiger partial charge in [0.25, 0.3) is 0 Å². The first-order chi connectivity index (χ1) is 33.4. The molecule has 1 aliphatic heterocycles. The summed E-state index contributed by atoms with van der Waals surface area (Å²) >= 11 is 0. The summed E-state index contributed by atoms with van der Waals surface area (Å²) < 4.78 is 2.27. The van der Waals surface area contributed by atoms with Crippen molar-refractivity contribution in [3.8, 4) is 62.2 Å². The Morgan fingerprint density at radius 2 is 0.941 bits per heavy atom. The Balaban J connectivity index is 0.984. The minimum absolute atomic E-state index is 0.0364. The maximum absolute atomic E-state index is 5.30. The van der Waals surface area contributed by atoms with Gasteiger partial charge in [-0.1, -0.05) is 185 Å². The Morgan fingerprint density at radius 3 is 1.60 bits per heavy atom. The molecular weight excluding hydrogens is 831 g/mol. The van der Waals surface area contributed by atoms with E-state index in [1.807, 2.05) is 24.4 Å². The van der Waals surface area contributed by atoms with Crippen molar-refractivity contribution in [2.75, 3.05) is 16.5 Å². The zero-order valence-electron chi connectivity index (χ0n) is 38.1. The van der Waals surface area contributed by atoms with Crippen LogP contribution in [0.15, 0.2) is 219 Å². The molecule has 0 radical (unpaired) electrons. The topological polar surface area (TPSA) is 63.0 Å². The van der Waals surface area contributed by atoms with Crippen LogP contribution in [0, 0.1) is 0 Å². The van der Waals surface area contributed by atoms with E-state index in [4.69, 9.17) is 19.9 Å². The van der Waals surface area contributed by atoms with E-state index in [-0.39, 0.29) is 5.41 Å². The number of hydrogen-bond donors (Lipinski definition) is 0. The van der Waals surface area contributed by atoms with Gasteiger partial charge < -0.3 is 9.80 Å². The largest absolute Gasteiger partial charge is 0.321 e. The molecule has 0 saturated heterocycles. The third-order valence-electron chi connectivity index (χ3n) is 13.1. The van der Waals surface area contributed by atoms with Crippen LogP contribution in [-0.4, -0.2) is 31.2 Å². The van der Waals surface area contributed by atoms with E-state index in [1.165, 1.54) is 33.5 Å². The number of aromatic nitrogens is 5. The van der Waals surface area contributed by atoms with E-state index in [2.05, 4.69) is 229 Å². The van der Waals surface area contributed by atoms with E-state index in [0.717, 1.165) is 61.4 Å². The highest BCUT2D eigenvalue weighted by Crippen LogP contribution is 2.50. The first-order valence-electron chi connectivity index (χ1n) is 23.2. The molecule has 0 saturated carbocycles. The van der Waals surface area contributed by atoms with Crippen molar-refractivity contribution in [1.82, 2.24) is 24.5 Å². The summed E-state index contributed by atoms with van der Waals surface area (Å²) in [6.45, 7) is 7.31. The molecule has 7 nitrogen and oxygen atoms in total. The van der Waals surface area contributed by atoms with Gasteiger partial charge in [0.1, 0.15) is 12.5 Å². The monoisotopic (exact) mass is 877 g/mol. The lowest BCUT2D eigenvalue weighted by Crippen LogP contribution is -2.25. The summed E-state index contributed by atoms with van der Waals surface area (Å²) in [6, 6.07) is 74.9. The normalized spacial score (nSPS) is 12.5.